The summed E-state index contributed by atoms with van der Waals surface area (Å²) >= 11 is 7.18. The Hall–Kier alpha value is -0.840. The molecule has 0 bridgehead atoms. The smallest absolute Gasteiger partial charge is 0.147 e. The Labute approximate surface area is 149 Å². The molecule has 2 rings (SSSR count). The molecule has 0 aliphatic carbocycles. The monoisotopic (exact) mass is 425 g/mol. The van der Waals surface area contributed by atoms with E-state index in [0.29, 0.717) is 0 Å². The summed E-state index contributed by atoms with van der Waals surface area (Å²) in [4.78, 5) is 0. The van der Waals surface area contributed by atoms with E-state index in [9.17, 15) is 0 Å². The van der Waals surface area contributed by atoms with Crippen LogP contribution in [0.3, 0.4) is 0 Å². The van der Waals surface area contributed by atoms with Gasteiger partial charge in [-0.3, -0.25) is 0 Å². The van der Waals surface area contributed by atoms with Gasteiger partial charge in [0, 0.05) is 6.54 Å². The molecule has 0 radical (unpaired) electrons. The summed E-state index contributed by atoms with van der Waals surface area (Å²) < 4.78 is 7.73. The van der Waals surface area contributed by atoms with Crippen LogP contribution >= 0.6 is 31.9 Å². The Bertz CT molecular complexity index is 564. The molecule has 1 N–H and O–H groups in total. The molecular formula is C18H21Br2NO. The molecule has 0 fully saturated rings. The van der Waals surface area contributed by atoms with Crippen LogP contribution in [0.2, 0.25) is 0 Å². The van der Waals surface area contributed by atoms with Gasteiger partial charge < -0.3 is 10.1 Å². The van der Waals surface area contributed by atoms with Crippen LogP contribution in [0.4, 0.5) is 0 Å². The van der Waals surface area contributed by atoms with Gasteiger partial charge in [0.25, 0.3) is 0 Å². The van der Waals surface area contributed by atoms with Crippen LogP contribution in [0.1, 0.15) is 24.5 Å². The minimum Gasteiger partial charge on any atom is -0.491 e. The highest BCUT2D eigenvalue weighted by molar-refractivity contribution is 9.11. The average Bonchev–Trinajstić information content (AvgIpc) is 2.52. The molecule has 2 nitrogen and oxygen atoms in total. The van der Waals surface area contributed by atoms with E-state index in [2.05, 4.69) is 80.5 Å². The molecule has 0 saturated heterocycles. The quantitative estimate of drug-likeness (QED) is 0.575. The number of halogens is 2. The van der Waals surface area contributed by atoms with Crippen LogP contribution in [0, 0.1) is 0 Å². The van der Waals surface area contributed by atoms with E-state index in [0.717, 1.165) is 47.2 Å². The van der Waals surface area contributed by atoms with E-state index in [4.69, 9.17) is 4.74 Å². The Morgan fingerprint density at radius 2 is 1.68 bits per heavy atom. The summed E-state index contributed by atoms with van der Waals surface area (Å²) in [6.45, 7) is 4.64. The first kappa shape index (κ1) is 17.5. The molecule has 4 heteroatoms. The number of benzene rings is 2. The van der Waals surface area contributed by atoms with Crippen molar-refractivity contribution < 1.29 is 4.74 Å². The lowest BCUT2D eigenvalue weighted by molar-refractivity contribution is 0.313. The molecule has 2 aromatic rings. The van der Waals surface area contributed by atoms with Crippen molar-refractivity contribution in [3.8, 4) is 5.75 Å². The summed E-state index contributed by atoms with van der Waals surface area (Å²) in [7, 11) is 0. The van der Waals surface area contributed by atoms with Gasteiger partial charge in [0.2, 0.25) is 0 Å². The molecule has 0 atom stereocenters. The fraction of sp³-hybridized carbons (Fsp3) is 0.333. The molecule has 0 amide bonds. The fourth-order valence-electron chi connectivity index (χ4n) is 2.17. The average molecular weight is 427 g/mol. The zero-order chi connectivity index (χ0) is 15.8. The van der Waals surface area contributed by atoms with Crippen LogP contribution < -0.4 is 10.1 Å². The van der Waals surface area contributed by atoms with Crippen molar-refractivity contribution in [2.75, 3.05) is 13.2 Å². The first-order valence-corrected chi connectivity index (χ1v) is 9.14. The van der Waals surface area contributed by atoms with Crippen molar-refractivity contribution >= 4 is 31.9 Å². The van der Waals surface area contributed by atoms with Crippen molar-refractivity contribution in [3.63, 3.8) is 0 Å². The third-order valence-electron chi connectivity index (χ3n) is 3.27. The van der Waals surface area contributed by atoms with Crippen LogP contribution in [0.15, 0.2) is 51.4 Å². The van der Waals surface area contributed by atoms with Gasteiger partial charge >= 0.3 is 0 Å². The predicted molar refractivity (Wildman–Crippen MR) is 99.5 cm³/mol. The number of nitrogens with one attached hydrogen (secondary N) is 1. The summed E-state index contributed by atoms with van der Waals surface area (Å²) in [6, 6.07) is 14.8. The number of hydrogen-bond donors (Lipinski definition) is 1. The first-order chi connectivity index (χ1) is 10.7. The highest BCUT2D eigenvalue weighted by Crippen LogP contribution is 2.34. The zero-order valence-electron chi connectivity index (χ0n) is 12.7. The second kappa shape index (κ2) is 9.33. The lowest BCUT2D eigenvalue weighted by Crippen LogP contribution is -2.16. The van der Waals surface area contributed by atoms with Gasteiger partial charge in [-0.05, 0) is 74.5 Å². The van der Waals surface area contributed by atoms with E-state index in [1.54, 1.807) is 0 Å². The second-order valence-electron chi connectivity index (χ2n) is 5.15. The molecule has 0 saturated carbocycles. The van der Waals surface area contributed by atoms with Gasteiger partial charge in [-0.2, -0.15) is 0 Å². The molecule has 0 spiro atoms. The summed E-state index contributed by atoms with van der Waals surface area (Å²) in [5, 5.41) is 3.48. The number of hydrogen-bond acceptors (Lipinski definition) is 2. The van der Waals surface area contributed by atoms with Crippen molar-refractivity contribution in [2.24, 2.45) is 0 Å². The highest BCUT2D eigenvalue weighted by Gasteiger charge is 2.08. The van der Waals surface area contributed by atoms with Crippen molar-refractivity contribution in [3.05, 3.63) is 62.5 Å². The normalized spacial score (nSPS) is 10.7. The molecule has 0 aliphatic rings. The fourth-order valence-corrected chi connectivity index (χ4v) is 3.68. The predicted octanol–water partition coefficient (Wildman–Crippen LogP) is 5.33. The van der Waals surface area contributed by atoms with E-state index in [1.807, 2.05) is 6.07 Å². The summed E-state index contributed by atoms with van der Waals surface area (Å²) in [5.41, 5.74) is 2.59. The Morgan fingerprint density at radius 3 is 2.32 bits per heavy atom. The highest BCUT2D eigenvalue weighted by atomic mass is 79.9. The first-order valence-electron chi connectivity index (χ1n) is 7.56. The largest absolute Gasteiger partial charge is 0.491 e. The van der Waals surface area contributed by atoms with Crippen molar-refractivity contribution in [1.29, 1.82) is 0 Å². The molecule has 0 unspecified atom stereocenters. The Balaban J connectivity index is 1.85. The van der Waals surface area contributed by atoms with Gasteiger partial charge in [0.05, 0.1) is 15.6 Å². The van der Waals surface area contributed by atoms with Gasteiger partial charge in [0.1, 0.15) is 5.75 Å². The lowest BCUT2D eigenvalue weighted by atomic mass is 10.1. The van der Waals surface area contributed by atoms with Gasteiger partial charge in [0.15, 0.2) is 0 Å². The van der Waals surface area contributed by atoms with E-state index in [1.165, 1.54) is 11.1 Å². The lowest BCUT2D eigenvalue weighted by Gasteiger charge is -2.12. The van der Waals surface area contributed by atoms with Crippen molar-refractivity contribution in [1.82, 2.24) is 5.32 Å². The third-order valence-corrected chi connectivity index (χ3v) is 4.45. The molecule has 2 aromatic carbocycles. The number of ether oxygens (including phenoxy) is 1. The van der Waals surface area contributed by atoms with Crippen LogP contribution in [0.5, 0.6) is 5.75 Å². The molecular weight excluding hydrogens is 406 g/mol. The molecule has 0 aromatic heterocycles. The molecule has 118 valence electrons. The van der Waals surface area contributed by atoms with Gasteiger partial charge in [-0.15, -0.1) is 0 Å². The van der Waals surface area contributed by atoms with E-state index < -0.39 is 0 Å². The molecule has 22 heavy (non-hydrogen) atoms. The Kier molecular flexibility index (Phi) is 7.43. The van der Waals surface area contributed by atoms with Crippen LogP contribution in [-0.4, -0.2) is 13.2 Å². The van der Waals surface area contributed by atoms with Crippen LogP contribution in [-0.2, 0) is 13.0 Å². The number of rotatable bonds is 8. The summed E-state index contributed by atoms with van der Waals surface area (Å²) in [5.74, 6) is 0.884. The van der Waals surface area contributed by atoms with Crippen LogP contribution in [0.25, 0.3) is 0 Å². The SMILES string of the molecule is CCCOc1c(Br)cc(CNCCc2ccccc2)cc1Br. The van der Waals surface area contributed by atoms with Gasteiger partial charge in [-0.1, -0.05) is 37.3 Å². The maximum Gasteiger partial charge on any atom is 0.147 e. The minimum absolute atomic E-state index is 0.728. The minimum atomic E-state index is 0.728. The topological polar surface area (TPSA) is 21.3 Å². The van der Waals surface area contributed by atoms with E-state index in [-0.39, 0.29) is 0 Å². The molecule has 0 aliphatic heterocycles. The zero-order valence-corrected chi connectivity index (χ0v) is 15.9. The van der Waals surface area contributed by atoms with Gasteiger partial charge in [-0.25, -0.2) is 0 Å². The molecule has 0 heterocycles. The van der Waals surface area contributed by atoms with E-state index >= 15 is 0 Å². The standard InChI is InChI=1S/C18H21Br2NO/c1-2-10-22-18-16(19)11-15(12-17(18)20)13-21-9-8-14-6-4-3-5-7-14/h3-7,11-12,21H,2,8-10,13H2,1H3. The third kappa shape index (κ3) is 5.41. The Morgan fingerprint density at radius 1 is 1.00 bits per heavy atom. The maximum absolute atomic E-state index is 5.74. The van der Waals surface area contributed by atoms with Crippen molar-refractivity contribution in [2.45, 2.75) is 26.3 Å². The second-order valence-corrected chi connectivity index (χ2v) is 6.86. The maximum atomic E-state index is 5.74. The summed E-state index contributed by atoms with van der Waals surface area (Å²) in [6.07, 6.45) is 2.04.